The minimum absolute atomic E-state index is 0.197. The van der Waals surface area contributed by atoms with E-state index in [1.165, 1.54) is 5.56 Å². The van der Waals surface area contributed by atoms with Gasteiger partial charge in [-0.1, -0.05) is 55.5 Å². The Hall–Kier alpha value is -2.95. The van der Waals surface area contributed by atoms with E-state index in [9.17, 15) is 31.4 Å². The van der Waals surface area contributed by atoms with Crippen LogP contribution in [0.4, 0.5) is 26.3 Å². The van der Waals surface area contributed by atoms with E-state index in [-0.39, 0.29) is 6.04 Å². The van der Waals surface area contributed by atoms with E-state index in [1.54, 1.807) is 12.4 Å². The monoisotopic (exact) mass is 537 g/mol. The fraction of sp³-hybridized carbons (Fsp3) is 0.393. The van der Waals surface area contributed by atoms with Gasteiger partial charge >= 0.3 is 12.4 Å². The average Bonchev–Trinajstić information content (AvgIpc) is 2.89. The number of nitrogens with zero attached hydrogens (tertiary/aromatic N) is 3. The van der Waals surface area contributed by atoms with Gasteiger partial charge in [0.1, 0.15) is 0 Å². The zero-order chi connectivity index (χ0) is 27.6. The van der Waals surface area contributed by atoms with E-state index in [2.05, 4.69) is 21.7 Å². The first-order valence-electron chi connectivity index (χ1n) is 12.4. The van der Waals surface area contributed by atoms with Crippen LogP contribution in [0.2, 0.25) is 0 Å². The molecule has 0 amide bonds. The third-order valence-electron chi connectivity index (χ3n) is 7.14. The predicted molar refractivity (Wildman–Crippen MR) is 132 cm³/mol. The summed E-state index contributed by atoms with van der Waals surface area (Å²) in [7, 11) is 0. The lowest BCUT2D eigenvalue weighted by Crippen LogP contribution is -2.53. The molecule has 4 rings (SSSR count). The SMILES string of the molecule is CCC(c1ccc(-c2ccc(C(O)(C(F)(F)F)C(F)(F)F)cc2)cc1)N1CCN(Cc2ccncc2)CC1. The Labute approximate surface area is 217 Å². The highest BCUT2D eigenvalue weighted by atomic mass is 19.4. The second-order valence-electron chi connectivity index (χ2n) is 9.50. The maximum Gasteiger partial charge on any atom is 0.430 e. The van der Waals surface area contributed by atoms with Gasteiger partial charge in [-0.3, -0.25) is 14.8 Å². The van der Waals surface area contributed by atoms with Crippen LogP contribution < -0.4 is 0 Å². The van der Waals surface area contributed by atoms with Crippen molar-refractivity contribution in [2.45, 2.75) is 43.9 Å². The van der Waals surface area contributed by atoms with Crippen molar-refractivity contribution in [2.75, 3.05) is 26.2 Å². The maximum atomic E-state index is 13.2. The minimum Gasteiger partial charge on any atom is -0.369 e. The standard InChI is InChI=1S/C28H29F6N3O/c1-2-25(37-17-15-36(16-18-37)19-20-11-13-35-14-12-20)23-5-3-21(4-6-23)22-7-9-24(10-8-22)26(38,27(29,30)31)28(32,33)34/h3-14,25,38H,2,15-19H2,1H3. The van der Waals surface area contributed by atoms with Crippen LogP contribution in [0.25, 0.3) is 11.1 Å². The normalized spacial score (nSPS) is 16.9. The zero-order valence-electron chi connectivity index (χ0n) is 20.8. The topological polar surface area (TPSA) is 39.6 Å². The van der Waals surface area contributed by atoms with Crippen LogP contribution in [-0.4, -0.2) is 58.4 Å². The number of rotatable bonds is 7. The summed E-state index contributed by atoms with van der Waals surface area (Å²) in [5.74, 6) is 0. The van der Waals surface area contributed by atoms with E-state index in [0.29, 0.717) is 23.3 Å². The van der Waals surface area contributed by atoms with E-state index < -0.39 is 23.5 Å². The van der Waals surface area contributed by atoms with Gasteiger partial charge < -0.3 is 5.11 Å². The molecule has 0 spiro atoms. The molecule has 0 saturated carbocycles. The highest BCUT2D eigenvalue weighted by Crippen LogP contribution is 2.50. The maximum absolute atomic E-state index is 13.2. The predicted octanol–water partition coefficient (Wildman–Crippen LogP) is 6.33. The van der Waals surface area contributed by atoms with Gasteiger partial charge in [-0.15, -0.1) is 0 Å². The molecule has 1 aromatic heterocycles. The van der Waals surface area contributed by atoms with Gasteiger partial charge in [0, 0.05) is 56.7 Å². The van der Waals surface area contributed by atoms with Crippen molar-refractivity contribution >= 4 is 0 Å². The van der Waals surface area contributed by atoms with Crippen LogP contribution in [0.15, 0.2) is 73.1 Å². The molecular formula is C28H29F6N3O. The van der Waals surface area contributed by atoms with Crippen molar-refractivity contribution in [3.05, 3.63) is 89.7 Å². The first-order valence-corrected chi connectivity index (χ1v) is 12.4. The first-order chi connectivity index (χ1) is 17.9. The number of hydrogen-bond acceptors (Lipinski definition) is 4. The summed E-state index contributed by atoms with van der Waals surface area (Å²) in [6.45, 7) is 6.69. The summed E-state index contributed by atoms with van der Waals surface area (Å²) in [5, 5.41) is 9.60. The summed E-state index contributed by atoms with van der Waals surface area (Å²) in [4.78, 5) is 8.90. The molecule has 0 aliphatic carbocycles. The Kier molecular flexibility index (Phi) is 8.15. The number of piperazine rings is 1. The minimum atomic E-state index is -5.91. The summed E-state index contributed by atoms with van der Waals surface area (Å²) in [5.41, 5.74) is -2.78. The number of pyridine rings is 1. The Morgan fingerprint density at radius 3 is 1.74 bits per heavy atom. The van der Waals surface area contributed by atoms with Crippen molar-refractivity contribution in [1.29, 1.82) is 0 Å². The van der Waals surface area contributed by atoms with Gasteiger partial charge in [0.25, 0.3) is 5.60 Å². The molecule has 1 aliphatic rings. The molecule has 1 aliphatic heterocycles. The lowest BCUT2D eigenvalue weighted by atomic mass is 9.90. The van der Waals surface area contributed by atoms with Crippen LogP contribution >= 0.6 is 0 Å². The molecule has 4 nitrogen and oxygen atoms in total. The van der Waals surface area contributed by atoms with Crippen LogP contribution in [0.1, 0.15) is 36.1 Å². The first kappa shape index (κ1) is 28.1. The fourth-order valence-corrected chi connectivity index (χ4v) is 4.97. The van der Waals surface area contributed by atoms with Crippen LogP contribution in [-0.2, 0) is 12.1 Å². The number of hydrogen-bond donors (Lipinski definition) is 1. The second-order valence-corrected chi connectivity index (χ2v) is 9.50. The highest BCUT2D eigenvalue weighted by molar-refractivity contribution is 5.64. The Bertz CT molecular complexity index is 1160. The Morgan fingerprint density at radius 1 is 0.763 bits per heavy atom. The number of aromatic nitrogens is 1. The lowest BCUT2D eigenvalue weighted by molar-refractivity contribution is -0.376. The molecule has 1 fully saturated rings. The second kappa shape index (κ2) is 11.0. The number of aliphatic hydroxyl groups is 1. The van der Waals surface area contributed by atoms with Crippen molar-refractivity contribution in [3.63, 3.8) is 0 Å². The fourth-order valence-electron chi connectivity index (χ4n) is 4.97. The molecule has 10 heteroatoms. The molecule has 0 radical (unpaired) electrons. The average molecular weight is 538 g/mol. The molecule has 2 heterocycles. The third-order valence-corrected chi connectivity index (χ3v) is 7.14. The lowest BCUT2D eigenvalue weighted by Gasteiger charge is -2.39. The number of halogens is 6. The van der Waals surface area contributed by atoms with Gasteiger partial charge in [-0.05, 0) is 40.8 Å². The Balaban J connectivity index is 1.43. The molecule has 204 valence electrons. The molecule has 2 aromatic carbocycles. The molecule has 1 saturated heterocycles. The zero-order valence-corrected chi connectivity index (χ0v) is 20.8. The van der Waals surface area contributed by atoms with Crippen molar-refractivity contribution in [2.24, 2.45) is 0 Å². The Morgan fingerprint density at radius 2 is 1.26 bits per heavy atom. The number of benzene rings is 2. The van der Waals surface area contributed by atoms with E-state index in [1.807, 2.05) is 36.4 Å². The summed E-state index contributed by atoms with van der Waals surface area (Å²) < 4.78 is 78.9. The molecule has 0 bridgehead atoms. The van der Waals surface area contributed by atoms with Gasteiger partial charge in [-0.2, -0.15) is 26.3 Å². The van der Waals surface area contributed by atoms with E-state index >= 15 is 0 Å². The van der Waals surface area contributed by atoms with Crippen molar-refractivity contribution < 1.29 is 31.4 Å². The molecular weight excluding hydrogens is 508 g/mol. The number of alkyl halides is 6. The molecule has 1 N–H and O–H groups in total. The summed E-state index contributed by atoms with van der Waals surface area (Å²) in [6, 6.07) is 15.4. The van der Waals surface area contributed by atoms with E-state index in [4.69, 9.17) is 0 Å². The molecule has 3 aromatic rings. The highest BCUT2D eigenvalue weighted by Gasteiger charge is 2.71. The molecule has 38 heavy (non-hydrogen) atoms. The smallest absolute Gasteiger partial charge is 0.369 e. The van der Waals surface area contributed by atoms with Gasteiger partial charge in [0.05, 0.1) is 0 Å². The quantitative estimate of drug-likeness (QED) is 0.358. The van der Waals surface area contributed by atoms with Crippen LogP contribution in [0.5, 0.6) is 0 Å². The molecule has 1 unspecified atom stereocenters. The summed E-state index contributed by atoms with van der Waals surface area (Å²) >= 11 is 0. The molecule has 1 atom stereocenters. The van der Waals surface area contributed by atoms with Crippen LogP contribution in [0.3, 0.4) is 0 Å². The van der Waals surface area contributed by atoms with E-state index in [0.717, 1.165) is 56.8 Å². The summed E-state index contributed by atoms with van der Waals surface area (Å²) in [6.07, 6.45) is -7.34. The van der Waals surface area contributed by atoms with Gasteiger partial charge in [0.2, 0.25) is 0 Å². The van der Waals surface area contributed by atoms with Crippen LogP contribution in [0, 0.1) is 0 Å². The van der Waals surface area contributed by atoms with Gasteiger partial charge in [-0.25, -0.2) is 0 Å². The third kappa shape index (κ3) is 5.72. The van der Waals surface area contributed by atoms with Gasteiger partial charge in [0.15, 0.2) is 0 Å². The largest absolute Gasteiger partial charge is 0.430 e. The van der Waals surface area contributed by atoms with Crippen molar-refractivity contribution in [1.82, 2.24) is 14.8 Å². The van der Waals surface area contributed by atoms with Crippen molar-refractivity contribution in [3.8, 4) is 11.1 Å².